The lowest BCUT2D eigenvalue weighted by Gasteiger charge is -2.14. The van der Waals surface area contributed by atoms with Gasteiger partial charge in [-0.1, -0.05) is 60.7 Å². The van der Waals surface area contributed by atoms with E-state index in [9.17, 15) is 5.11 Å². The van der Waals surface area contributed by atoms with Crippen molar-refractivity contribution in [1.29, 1.82) is 0 Å². The molecule has 0 aliphatic carbocycles. The molecule has 0 atom stereocenters. The van der Waals surface area contributed by atoms with Crippen LogP contribution in [0.4, 0.5) is 0 Å². The van der Waals surface area contributed by atoms with Gasteiger partial charge in [0.15, 0.2) is 0 Å². The quantitative estimate of drug-likeness (QED) is 0.488. The Bertz CT molecular complexity index is 990. The molecule has 1 heterocycles. The monoisotopic (exact) mass is 345 g/mol. The molecule has 1 N–H and O–H groups in total. The van der Waals surface area contributed by atoms with Crippen molar-refractivity contribution < 1.29 is 5.11 Å². The van der Waals surface area contributed by atoms with Gasteiger partial charge in [0.05, 0.1) is 5.04 Å². The van der Waals surface area contributed by atoms with Crippen LogP contribution in [0.15, 0.2) is 65.7 Å². The van der Waals surface area contributed by atoms with Gasteiger partial charge in [-0.05, 0) is 34.9 Å². The van der Waals surface area contributed by atoms with Gasteiger partial charge in [0.1, 0.15) is 5.76 Å². The Morgan fingerprint density at radius 1 is 1.08 bits per heavy atom. The van der Waals surface area contributed by atoms with Crippen molar-refractivity contribution in [3.63, 3.8) is 0 Å². The molecule has 3 aromatic rings. The first-order chi connectivity index (χ1) is 12.2. The summed E-state index contributed by atoms with van der Waals surface area (Å²) in [6, 6.07) is 20.2. The van der Waals surface area contributed by atoms with E-state index in [0.717, 1.165) is 39.6 Å². The molecule has 0 saturated carbocycles. The van der Waals surface area contributed by atoms with Gasteiger partial charge in [0.2, 0.25) is 0 Å². The van der Waals surface area contributed by atoms with Crippen LogP contribution in [0, 0.1) is 6.92 Å². The van der Waals surface area contributed by atoms with Crippen molar-refractivity contribution in [3.05, 3.63) is 82.9 Å². The SMILES string of the molecule is Cc1cc2ccccc2c(C2=NCCS2)c1C=C(O)c1ccccc1. The van der Waals surface area contributed by atoms with Gasteiger partial charge >= 0.3 is 0 Å². The summed E-state index contributed by atoms with van der Waals surface area (Å²) in [5.74, 6) is 1.30. The summed E-state index contributed by atoms with van der Waals surface area (Å²) < 4.78 is 0. The van der Waals surface area contributed by atoms with Crippen molar-refractivity contribution >= 4 is 39.4 Å². The summed E-state index contributed by atoms with van der Waals surface area (Å²) in [4.78, 5) is 4.71. The summed E-state index contributed by atoms with van der Waals surface area (Å²) in [5, 5.41) is 14.1. The number of rotatable bonds is 3. The summed E-state index contributed by atoms with van der Waals surface area (Å²) in [6.07, 6.45) is 1.88. The third kappa shape index (κ3) is 3.08. The molecule has 3 heteroatoms. The fraction of sp³-hybridized carbons (Fsp3) is 0.136. The van der Waals surface area contributed by atoms with Crippen LogP contribution >= 0.6 is 11.8 Å². The van der Waals surface area contributed by atoms with E-state index in [4.69, 9.17) is 4.99 Å². The van der Waals surface area contributed by atoms with Crippen LogP contribution in [0.2, 0.25) is 0 Å². The highest BCUT2D eigenvalue weighted by Crippen LogP contribution is 2.33. The standard InChI is InChI=1S/C22H19NOS/c1-15-13-17-9-5-6-10-18(17)21(22-23-11-12-25-22)19(15)14-20(24)16-7-3-2-4-8-16/h2-10,13-14,24H,11-12H2,1H3. The van der Waals surface area contributed by atoms with E-state index in [1.54, 1.807) is 11.8 Å². The zero-order valence-electron chi connectivity index (χ0n) is 14.1. The molecule has 2 nitrogen and oxygen atoms in total. The molecule has 0 fully saturated rings. The van der Waals surface area contributed by atoms with Crippen LogP contribution in [0.3, 0.4) is 0 Å². The number of nitrogens with zero attached hydrogens (tertiary/aromatic N) is 1. The fourth-order valence-electron chi connectivity index (χ4n) is 3.24. The zero-order chi connectivity index (χ0) is 17.2. The van der Waals surface area contributed by atoms with Gasteiger partial charge in [-0.25, -0.2) is 0 Å². The minimum Gasteiger partial charge on any atom is -0.507 e. The van der Waals surface area contributed by atoms with E-state index in [2.05, 4.69) is 37.3 Å². The van der Waals surface area contributed by atoms with Crippen molar-refractivity contribution in [3.8, 4) is 0 Å². The second kappa shape index (κ2) is 6.77. The molecular formula is C22H19NOS. The molecule has 0 saturated heterocycles. The molecule has 0 aromatic heterocycles. The Hall–Kier alpha value is -2.52. The zero-order valence-corrected chi connectivity index (χ0v) is 14.9. The highest BCUT2D eigenvalue weighted by Gasteiger charge is 2.18. The second-order valence-electron chi connectivity index (χ2n) is 6.13. The highest BCUT2D eigenvalue weighted by molar-refractivity contribution is 8.14. The largest absolute Gasteiger partial charge is 0.507 e. The first-order valence-electron chi connectivity index (χ1n) is 8.40. The topological polar surface area (TPSA) is 32.6 Å². The molecule has 1 aliphatic heterocycles. The molecule has 0 unspecified atom stereocenters. The molecule has 0 bridgehead atoms. The molecule has 124 valence electrons. The number of aliphatic imine (C=N–C) groups is 1. The molecule has 0 radical (unpaired) electrons. The van der Waals surface area contributed by atoms with Gasteiger partial charge in [-0.15, -0.1) is 11.8 Å². The van der Waals surface area contributed by atoms with Gasteiger partial charge in [-0.3, -0.25) is 4.99 Å². The van der Waals surface area contributed by atoms with Gasteiger partial charge in [-0.2, -0.15) is 0 Å². The average molecular weight is 345 g/mol. The van der Waals surface area contributed by atoms with Crippen LogP contribution in [0.25, 0.3) is 22.6 Å². The fourth-order valence-corrected chi connectivity index (χ4v) is 4.16. The number of hydrogen-bond donors (Lipinski definition) is 1. The summed E-state index contributed by atoms with van der Waals surface area (Å²) >= 11 is 1.80. The van der Waals surface area contributed by atoms with Gasteiger partial charge < -0.3 is 5.11 Å². The number of aliphatic hydroxyl groups is 1. The van der Waals surface area contributed by atoms with Crippen molar-refractivity contribution in [2.75, 3.05) is 12.3 Å². The van der Waals surface area contributed by atoms with E-state index >= 15 is 0 Å². The van der Waals surface area contributed by atoms with Crippen molar-refractivity contribution in [2.24, 2.45) is 4.99 Å². The first-order valence-corrected chi connectivity index (χ1v) is 9.38. The predicted molar refractivity (Wildman–Crippen MR) is 109 cm³/mol. The third-order valence-corrected chi connectivity index (χ3v) is 5.44. The lowest BCUT2D eigenvalue weighted by atomic mass is 9.94. The van der Waals surface area contributed by atoms with Crippen LogP contribution in [0.1, 0.15) is 22.3 Å². The smallest absolute Gasteiger partial charge is 0.123 e. The predicted octanol–water partition coefficient (Wildman–Crippen LogP) is 5.70. The molecular weight excluding hydrogens is 326 g/mol. The normalized spacial score (nSPS) is 14.8. The lowest BCUT2D eigenvalue weighted by molar-refractivity contribution is 0.515. The number of aryl methyl sites for hydroxylation is 1. The summed E-state index contributed by atoms with van der Waals surface area (Å²) in [7, 11) is 0. The maximum atomic E-state index is 10.7. The van der Waals surface area contributed by atoms with E-state index in [0.29, 0.717) is 0 Å². The number of aliphatic hydroxyl groups excluding tert-OH is 1. The summed E-state index contributed by atoms with van der Waals surface area (Å²) in [6.45, 7) is 2.95. The Balaban J connectivity index is 1.97. The summed E-state index contributed by atoms with van der Waals surface area (Å²) in [5.41, 5.74) is 4.15. The maximum absolute atomic E-state index is 10.7. The Morgan fingerprint density at radius 3 is 2.60 bits per heavy atom. The Kier molecular flexibility index (Phi) is 4.33. The van der Waals surface area contributed by atoms with Crippen molar-refractivity contribution in [2.45, 2.75) is 6.92 Å². The minimum absolute atomic E-state index is 0.281. The van der Waals surface area contributed by atoms with Crippen molar-refractivity contribution in [1.82, 2.24) is 0 Å². The van der Waals surface area contributed by atoms with Gasteiger partial charge in [0, 0.05) is 23.4 Å². The number of thioether (sulfide) groups is 1. The molecule has 1 aliphatic rings. The molecule has 0 amide bonds. The van der Waals surface area contributed by atoms with Crippen LogP contribution in [-0.4, -0.2) is 22.4 Å². The van der Waals surface area contributed by atoms with E-state index < -0.39 is 0 Å². The van der Waals surface area contributed by atoms with Crippen LogP contribution in [-0.2, 0) is 0 Å². The molecule has 3 aromatic carbocycles. The Morgan fingerprint density at radius 2 is 1.84 bits per heavy atom. The van der Waals surface area contributed by atoms with E-state index in [1.165, 1.54) is 10.8 Å². The van der Waals surface area contributed by atoms with E-state index in [-0.39, 0.29) is 5.76 Å². The van der Waals surface area contributed by atoms with Gasteiger partial charge in [0.25, 0.3) is 0 Å². The lowest BCUT2D eigenvalue weighted by Crippen LogP contribution is -2.01. The molecule has 0 spiro atoms. The van der Waals surface area contributed by atoms with Crippen LogP contribution < -0.4 is 0 Å². The average Bonchev–Trinajstić information content (AvgIpc) is 3.17. The highest BCUT2D eigenvalue weighted by atomic mass is 32.2. The molecule has 25 heavy (non-hydrogen) atoms. The van der Waals surface area contributed by atoms with Crippen LogP contribution in [0.5, 0.6) is 0 Å². The number of benzene rings is 3. The number of hydrogen-bond acceptors (Lipinski definition) is 3. The first kappa shape index (κ1) is 16.0. The Labute approximate surface area is 151 Å². The van der Waals surface area contributed by atoms with E-state index in [1.807, 2.05) is 36.4 Å². The molecule has 4 rings (SSSR count). The number of fused-ring (bicyclic) bond motifs is 1. The minimum atomic E-state index is 0.281. The maximum Gasteiger partial charge on any atom is 0.123 e. The second-order valence-corrected chi connectivity index (χ2v) is 7.22. The third-order valence-electron chi connectivity index (χ3n) is 4.45.